The van der Waals surface area contributed by atoms with Crippen LogP contribution in [0.5, 0.6) is 0 Å². The molecule has 1 amide bonds. The number of nitrogens with one attached hydrogen (secondary N) is 1. The van der Waals surface area contributed by atoms with E-state index in [4.69, 9.17) is 16.1 Å². The molecule has 3 aromatic heterocycles. The van der Waals surface area contributed by atoms with Crippen molar-refractivity contribution in [1.29, 1.82) is 0 Å². The van der Waals surface area contributed by atoms with E-state index >= 15 is 0 Å². The first-order valence-corrected chi connectivity index (χ1v) is 9.36. The molecule has 1 N–H and O–H groups in total. The third kappa shape index (κ3) is 3.87. The lowest BCUT2D eigenvalue weighted by Crippen LogP contribution is -2.42. The summed E-state index contributed by atoms with van der Waals surface area (Å²) in [5, 5.41) is 6.82. The molecule has 0 aliphatic rings. The zero-order valence-electron chi connectivity index (χ0n) is 15.8. The Kier molecular flexibility index (Phi) is 5.20. The summed E-state index contributed by atoms with van der Waals surface area (Å²) in [5.41, 5.74) is -0.0818. The Bertz CT molecular complexity index is 1350. The third-order valence-electron chi connectivity index (χ3n) is 4.44. The number of hydrogen-bond donors (Lipinski definition) is 1. The monoisotopic (exact) mass is 425 g/mol. The first-order valence-electron chi connectivity index (χ1n) is 8.98. The van der Waals surface area contributed by atoms with Gasteiger partial charge in [-0.15, -0.1) is 0 Å². The van der Waals surface area contributed by atoms with E-state index in [9.17, 15) is 14.4 Å². The van der Waals surface area contributed by atoms with Crippen LogP contribution in [-0.4, -0.2) is 25.2 Å². The van der Waals surface area contributed by atoms with Crippen LogP contribution in [0, 0.1) is 6.92 Å². The molecule has 0 bridgehead atoms. The number of carbonyl (C=O) groups is 1. The molecule has 0 fully saturated rings. The van der Waals surface area contributed by atoms with E-state index in [0.717, 1.165) is 4.57 Å². The van der Waals surface area contributed by atoms with Crippen molar-refractivity contribution in [2.45, 2.75) is 20.0 Å². The fourth-order valence-electron chi connectivity index (χ4n) is 3.06. The smallest absolute Gasteiger partial charge is 0.332 e. The molecule has 0 aliphatic heterocycles. The third-order valence-corrected chi connectivity index (χ3v) is 4.69. The number of aromatic nitrogens is 4. The van der Waals surface area contributed by atoms with Gasteiger partial charge in [-0.25, -0.2) is 9.78 Å². The number of benzene rings is 1. The van der Waals surface area contributed by atoms with Gasteiger partial charge in [0.15, 0.2) is 11.3 Å². The van der Waals surface area contributed by atoms with Crippen LogP contribution in [0.3, 0.4) is 0 Å². The number of hydrogen-bond acceptors (Lipinski definition) is 6. The molecule has 0 aliphatic carbocycles. The number of amides is 1. The summed E-state index contributed by atoms with van der Waals surface area (Å²) in [5.74, 6) is 0.281. The van der Waals surface area contributed by atoms with Crippen LogP contribution in [-0.2, 0) is 17.9 Å². The second kappa shape index (κ2) is 7.96. The first kappa shape index (κ1) is 19.6. The van der Waals surface area contributed by atoms with Gasteiger partial charge in [0.2, 0.25) is 5.91 Å². The lowest BCUT2D eigenvalue weighted by Gasteiger charge is -2.13. The summed E-state index contributed by atoms with van der Waals surface area (Å²) in [7, 11) is 0. The Hall–Kier alpha value is -3.72. The number of halogens is 1. The van der Waals surface area contributed by atoms with E-state index in [-0.39, 0.29) is 29.9 Å². The van der Waals surface area contributed by atoms with Gasteiger partial charge in [0.1, 0.15) is 12.3 Å². The zero-order valence-corrected chi connectivity index (χ0v) is 16.6. The number of fused-ring (bicyclic) bond motifs is 1. The van der Waals surface area contributed by atoms with Gasteiger partial charge < -0.3 is 9.84 Å². The molecule has 3 heterocycles. The lowest BCUT2D eigenvalue weighted by molar-refractivity contribution is -0.116. The number of aryl methyl sites for hydroxylation is 1. The van der Waals surface area contributed by atoms with E-state index in [2.05, 4.69) is 15.5 Å². The molecule has 4 rings (SSSR count). The molecule has 4 aromatic rings. The summed E-state index contributed by atoms with van der Waals surface area (Å²) in [4.78, 5) is 42.6. The largest absolute Gasteiger partial charge is 0.360 e. The van der Waals surface area contributed by atoms with E-state index < -0.39 is 17.2 Å². The molecule has 0 unspecified atom stereocenters. The summed E-state index contributed by atoms with van der Waals surface area (Å²) >= 11 is 5.91. The molecule has 0 spiro atoms. The molecule has 0 radical (unpaired) electrons. The minimum atomic E-state index is -0.623. The van der Waals surface area contributed by atoms with Gasteiger partial charge in [-0.2, -0.15) is 0 Å². The predicted molar refractivity (Wildman–Crippen MR) is 111 cm³/mol. The molecule has 30 heavy (non-hydrogen) atoms. The first-order chi connectivity index (χ1) is 14.4. The molecule has 152 valence electrons. The van der Waals surface area contributed by atoms with Crippen molar-refractivity contribution in [3.8, 4) is 0 Å². The fraction of sp³-hybridized carbons (Fsp3) is 0.150. The van der Waals surface area contributed by atoms with Gasteiger partial charge in [-0.3, -0.25) is 18.7 Å². The predicted octanol–water partition coefficient (Wildman–Crippen LogP) is 2.20. The fourth-order valence-corrected chi connectivity index (χ4v) is 3.18. The van der Waals surface area contributed by atoms with E-state index in [1.165, 1.54) is 10.8 Å². The average molecular weight is 426 g/mol. The van der Waals surface area contributed by atoms with Gasteiger partial charge in [0.25, 0.3) is 5.56 Å². The maximum atomic E-state index is 13.1. The summed E-state index contributed by atoms with van der Waals surface area (Å²) in [6, 6.07) is 11.5. The van der Waals surface area contributed by atoms with Gasteiger partial charge >= 0.3 is 5.69 Å². The molecule has 0 saturated carbocycles. The van der Waals surface area contributed by atoms with Crippen LogP contribution in [0.2, 0.25) is 5.02 Å². The van der Waals surface area contributed by atoms with Crippen LogP contribution in [0.4, 0.5) is 5.82 Å². The number of nitrogens with zero attached hydrogens (tertiary/aromatic N) is 4. The topological polar surface area (TPSA) is 112 Å². The molecule has 1 aromatic carbocycles. The summed E-state index contributed by atoms with van der Waals surface area (Å²) < 4.78 is 7.18. The number of pyridine rings is 1. The van der Waals surface area contributed by atoms with Crippen molar-refractivity contribution in [3.05, 3.63) is 85.8 Å². The SMILES string of the molecule is Cc1cc(NC(=O)Cn2c(=O)n(Cc3ccc(Cl)cc3)c(=O)c3ncccc32)no1. The summed E-state index contributed by atoms with van der Waals surface area (Å²) in [6.45, 7) is 1.39. The molecule has 0 atom stereocenters. The number of carbonyl (C=O) groups excluding carboxylic acids is 1. The second-order valence-electron chi connectivity index (χ2n) is 6.63. The Morgan fingerprint density at radius 3 is 2.63 bits per heavy atom. The van der Waals surface area contributed by atoms with Crippen LogP contribution >= 0.6 is 11.6 Å². The number of rotatable bonds is 5. The van der Waals surface area contributed by atoms with Crippen LogP contribution < -0.4 is 16.6 Å². The standard InChI is InChI=1S/C20H16ClN5O4/c1-12-9-16(24-30-12)23-17(27)11-25-15-3-2-8-22-18(15)19(28)26(20(25)29)10-13-4-6-14(21)7-5-13/h2-9H,10-11H2,1H3,(H,23,24,27). The zero-order chi connectivity index (χ0) is 21.3. The molecule has 9 nitrogen and oxygen atoms in total. The lowest BCUT2D eigenvalue weighted by atomic mass is 10.2. The minimum Gasteiger partial charge on any atom is -0.360 e. The highest BCUT2D eigenvalue weighted by atomic mass is 35.5. The highest BCUT2D eigenvalue weighted by Gasteiger charge is 2.17. The van der Waals surface area contributed by atoms with E-state index in [1.807, 2.05) is 0 Å². The van der Waals surface area contributed by atoms with Crippen molar-refractivity contribution < 1.29 is 9.32 Å². The van der Waals surface area contributed by atoms with Crippen LogP contribution in [0.15, 0.2) is 62.8 Å². The van der Waals surface area contributed by atoms with Crippen molar-refractivity contribution in [2.75, 3.05) is 5.32 Å². The van der Waals surface area contributed by atoms with Crippen molar-refractivity contribution in [2.24, 2.45) is 0 Å². The van der Waals surface area contributed by atoms with E-state index in [0.29, 0.717) is 16.3 Å². The Morgan fingerprint density at radius 1 is 1.17 bits per heavy atom. The minimum absolute atomic E-state index is 0.0193. The maximum Gasteiger partial charge on any atom is 0.332 e. The molecular formula is C20H16ClN5O4. The Balaban J connectivity index is 1.76. The van der Waals surface area contributed by atoms with Gasteiger partial charge in [-0.1, -0.05) is 28.9 Å². The Morgan fingerprint density at radius 2 is 1.93 bits per heavy atom. The average Bonchev–Trinajstić information content (AvgIpc) is 3.14. The van der Waals surface area contributed by atoms with Crippen molar-refractivity contribution in [1.82, 2.24) is 19.3 Å². The quantitative estimate of drug-likeness (QED) is 0.524. The van der Waals surface area contributed by atoms with E-state index in [1.54, 1.807) is 49.4 Å². The molecule has 0 saturated heterocycles. The van der Waals surface area contributed by atoms with Gasteiger partial charge in [-0.05, 0) is 36.8 Å². The van der Waals surface area contributed by atoms with Crippen molar-refractivity contribution in [3.63, 3.8) is 0 Å². The second-order valence-corrected chi connectivity index (χ2v) is 7.07. The Labute approximate surface area is 174 Å². The molecular weight excluding hydrogens is 410 g/mol. The molecule has 10 heteroatoms. The number of anilines is 1. The highest BCUT2D eigenvalue weighted by molar-refractivity contribution is 6.30. The maximum absolute atomic E-state index is 13.1. The van der Waals surface area contributed by atoms with Crippen LogP contribution in [0.25, 0.3) is 11.0 Å². The van der Waals surface area contributed by atoms with Crippen molar-refractivity contribution >= 4 is 34.4 Å². The normalized spacial score (nSPS) is 11.0. The van der Waals surface area contributed by atoms with Gasteiger partial charge in [0.05, 0.1) is 12.1 Å². The highest BCUT2D eigenvalue weighted by Crippen LogP contribution is 2.11. The van der Waals surface area contributed by atoms with Crippen LogP contribution in [0.1, 0.15) is 11.3 Å². The van der Waals surface area contributed by atoms with Gasteiger partial charge in [0, 0.05) is 17.3 Å². The summed E-state index contributed by atoms with van der Waals surface area (Å²) in [6.07, 6.45) is 1.46.